The summed E-state index contributed by atoms with van der Waals surface area (Å²) in [5.41, 5.74) is 2.10. The molecule has 182 valence electrons. The molecule has 0 amide bonds. The lowest BCUT2D eigenvalue weighted by molar-refractivity contribution is 0.148. The maximum Gasteiger partial charge on any atom is 0.248 e. The van der Waals surface area contributed by atoms with Gasteiger partial charge >= 0.3 is 0 Å². The normalized spacial score (nSPS) is 12.8. The first-order chi connectivity index (χ1) is 17.0. The second-order valence-electron chi connectivity index (χ2n) is 8.03. The van der Waals surface area contributed by atoms with Crippen molar-refractivity contribution in [3.8, 4) is 11.4 Å². The molecule has 0 spiro atoms. The molecule has 0 aliphatic carbocycles. The second-order valence-corrected chi connectivity index (χ2v) is 8.03. The van der Waals surface area contributed by atoms with E-state index >= 15 is 0 Å². The monoisotopic (exact) mass is 480 g/mol. The number of para-hydroxylation sites is 1. The van der Waals surface area contributed by atoms with Crippen LogP contribution in [-0.2, 0) is 13.0 Å². The van der Waals surface area contributed by atoms with Crippen LogP contribution in [0.25, 0.3) is 5.69 Å². The molecule has 0 aliphatic rings. The highest BCUT2D eigenvalue weighted by atomic mass is 19.1. The topological polar surface area (TPSA) is 97.1 Å². The Labute approximate surface area is 201 Å². The number of rotatable bonds is 11. The van der Waals surface area contributed by atoms with Gasteiger partial charge in [-0.15, -0.1) is 0 Å². The quantitative estimate of drug-likeness (QED) is 0.304. The van der Waals surface area contributed by atoms with Crippen molar-refractivity contribution in [3.05, 3.63) is 95.6 Å². The summed E-state index contributed by atoms with van der Waals surface area (Å²) in [5, 5.41) is 29.2. The molecule has 0 saturated carbocycles. The number of aliphatic hydroxyl groups is 1. The molecule has 0 unspecified atom stereocenters. The number of nitrogens with one attached hydrogen (secondary N) is 2. The van der Waals surface area contributed by atoms with Gasteiger partial charge in [0.05, 0.1) is 24.9 Å². The van der Waals surface area contributed by atoms with Gasteiger partial charge in [0, 0.05) is 19.2 Å². The number of anilines is 1. The summed E-state index contributed by atoms with van der Waals surface area (Å²) in [6.45, 7) is 0.705. The third kappa shape index (κ3) is 6.58. The van der Waals surface area contributed by atoms with Crippen LogP contribution in [0.1, 0.15) is 11.1 Å². The molecule has 0 radical (unpaired) electrons. The molecule has 0 fully saturated rings. The van der Waals surface area contributed by atoms with E-state index in [-0.39, 0.29) is 13.0 Å². The molecule has 35 heavy (non-hydrogen) atoms. The van der Waals surface area contributed by atoms with E-state index in [4.69, 9.17) is 4.74 Å². The van der Waals surface area contributed by atoms with E-state index in [0.717, 1.165) is 23.1 Å². The minimum atomic E-state index is -0.937. The largest absolute Gasteiger partial charge is 0.497 e. The Morgan fingerprint density at radius 2 is 1.74 bits per heavy atom. The summed E-state index contributed by atoms with van der Waals surface area (Å²) in [7, 11) is 1.60. The van der Waals surface area contributed by atoms with Gasteiger partial charge in [0.25, 0.3) is 0 Å². The summed E-state index contributed by atoms with van der Waals surface area (Å²) < 4.78 is 34.4. The average Bonchev–Trinajstić information content (AvgIpc) is 3.32. The lowest BCUT2D eigenvalue weighted by Gasteiger charge is -2.25. The van der Waals surface area contributed by atoms with Crippen LogP contribution in [0.15, 0.2) is 72.8 Å². The second kappa shape index (κ2) is 11.5. The fourth-order valence-corrected chi connectivity index (χ4v) is 3.74. The van der Waals surface area contributed by atoms with Gasteiger partial charge in [-0.25, -0.2) is 8.78 Å². The lowest BCUT2D eigenvalue weighted by atomic mass is 10.0. The average molecular weight is 481 g/mol. The maximum absolute atomic E-state index is 13.8. The maximum atomic E-state index is 13.8. The minimum absolute atomic E-state index is 0.137. The fourth-order valence-electron chi connectivity index (χ4n) is 3.74. The van der Waals surface area contributed by atoms with Gasteiger partial charge in [0.1, 0.15) is 17.4 Å². The Hall–Kier alpha value is -3.89. The van der Waals surface area contributed by atoms with E-state index in [1.165, 1.54) is 16.8 Å². The lowest BCUT2D eigenvalue weighted by Crippen LogP contribution is -2.42. The highest BCUT2D eigenvalue weighted by molar-refractivity contribution is 5.39. The summed E-state index contributed by atoms with van der Waals surface area (Å²) in [6.07, 6.45) is -0.800. The van der Waals surface area contributed by atoms with Crippen LogP contribution >= 0.6 is 0 Å². The zero-order chi connectivity index (χ0) is 24.6. The first-order valence-corrected chi connectivity index (χ1v) is 11.1. The number of methoxy groups -OCH3 is 1. The van der Waals surface area contributed by atoms with E-state index < -0.39 is 23.8 Å². The van der Waals surface area contributed by atoms with E-state index in [1.807, 2.05) is 54.6 Å². The molecule has 0 aliphatic heterocycles. The number of nitrogens with zero attached hydrogens (tertiary/aromatic N) is 4. The van der Waals surface area contributed by atoms with Crippen LogP contribution < -0.4 is 15.4 Å². The summed E-state index contributed by atoms with van der Waals surface area (Å²) in [4.78, 5) is 0. The smallest absolute Gasteiger partial charge is 0.248 e. The number of aromatic nitrogens is 4. The molecule has 4 rings (SSSR count). The molecule has 3 N–H and O–H groups in total. The number of tetrazole rings is 1. The van der Waals surface area contributed by atoms with E-state index in [0.29, 0.717) is 18.1 Å². The third-order valence-corrected chi connectivity index (χ3v) is 5.44. The molecule has 1 heterocycles. The Bertz CT molecular complexity index is 1220. The van der Waals surface area contributed by atoms with Crippen LogP contribution in [0.2, 0.25) is 0 Å². The Kier molecular flexibility index (Phi) is 7.96. The number of hydrogen-bond acceptors (Lipinski definition) is 7. The van der Waals surface area contributed by atoms with E-state index in [9.17, 15) is 13.9 Å². The van der Waals surface area contributed by atoms with Gasteiger partial charge in [0.2, 0.25) is 5.95 Å². The van der Waals surface area contributed by atoms with Gasteiger partial charge in [-0.3, -0.25) is 0 Å². The van der Waals surface area contributed by atoms with Crippen LogP contribution in [0.4, 0.5) is 14.7 Å². The van der Waals surface area contributed by atoms with Crippen molar-refractivity contribution in [1.29, 1.82) is 0 Å². The first kappa shape index (κ1) is 24.2. The molecule has 4 aromatic rings. The predicted octanol–water partition coefficient (Wildman–Crippen LogP) is 3.12. The van der Waals surface area contributed by atoms with Crippen molar-refractivity contribution in [1.82, 2.24) is 25.5 Å². The zero-order valence-electron chi connectivity index (χ0n) is 19.1. The predicted molar refractivity (Wildman–Crippen MR) is 127 cm³/mol. The number of benzene rings is 3. The first-order valence-electron chi connectivity index (χ1n) is 11.1. The Morgan fingerprint density at radius 1 is 0.971 bits per heavy atom. The third-order valence-electron chi connectivity index (χ3n) is 5.44. The van der Waals surface area contributed by atoms with E-state index in [1.54, 1.807) is 7.11 Å². The van der Waals surface area contributed by atoms with Crippen molar-refractivity contribution in [2.24, 2.45) is 0 Å². The summed E-state index contributed by atoms with van der Waals surface area (Å²) in [6, 6.07) is 19.5. The van der Waals surface area contributed by atoms with Crippen molar-refractivity contribution in [2.45, 2.75) is 25.1 Å². The van der Waals surface area contributed by atoms with Crippen LogP contribution in [0, 0.1) is 11.6 Å². The van der Waals surface area contributed by atoms with Crippen molar-refractivity contribution in [3.63, 3.8) is 0 Å². The Morgan fingerprint density at radius 3 is 2.49 bits per heavy atom. The van der Waals surface area contributed by atoms with Gasteiger partial charge in [-0.2, -0.15) is 4.68 Å². The minimum Gasteiger partial charge on any atom is -0.497 e. The summed E-state index contributed by atoms with van der Waals surface area (Å²) in [5.74, 6) is -0.327. The standard InChI is InChI=1S/C25H26F2N6O2/c1-35-22-9-5-6-17(12-22)15-28-16-24(34)23(13-18-10-19(26)14-20(27)11-18)29-25-30-31-32-33(25)21-7-3-2-4-8-21/h2-12,14,23-24,28,34H,13,15-16H2,1H3,(H,29,30,32)/t23-,24+/m0/s1. The molecule has 3 aromatic carbocycles. The number of halogens is 2. The molecule has 0 saturated heterocycles. The van der Waals surface area contributed by atoms with Crippen molar-refractivity contribution in [2.75, 3.05) is 19.0 Å². The highest BCUT2D eigenvalue weighted by Crippen LogP contribution is 2.17. The van der Waals surface area contributed by atoms with Crippen LogP contribution in [-0.4, -0.2) is 51.1 Å². The van der Waals surface area contributed by atoms with E-state index in [2.05, 4.69) is 26.2 Å². The fraction of sp³-hybridized carbons (Fsp3) is 0.240. The van der Waals surface area contributed by atoms with Gasteiger partial charge in [-0.1, -0.05) is 35.4 Å². The molecule has 1 aromatic heterocycles. The molecule has 2 atom stereocenters. The van der Waals surface area contributed by atoms with Crippen molar-refractivity contribution < 1.29 is 18.6 Å². The zero-order valence-corrected chi connectivity index (χ0v) is 19.1. The molecular weight excluding hydrogens is 454 g/mol. The summed E-state index contributed by atoms with van der Waals surface area (Å²) >= 11 is 0. The SMILES string of the molecule is COc1cccc(CNC[C@@H](O)[C@H](Cc2cc(F)cc(F)c2)Nc2nnnn2-c2ccccc2)c1. The van der Waals surface area contributed by atoms with Crippen LogP contribution in [0.5, 0.6) is 5.75 Å². The van der Waals surface area contributed by atoms with Crippen LogP contribution in [0.3, 0.4) is 0 Å². The Balaban J connectivity index is 1.50. The van der Waals surface area contributed by atoms with Crippen molar-refractivity contribution >= 4 is 5.95 Å². The number of hydrogen-bond donors (Lipinski definition) is 3. The number of ether oxygens (including phenoxy) is 1. The number of aliphatic hydroxyl groups excluding tert-OH is 1. The highest BCUT2D eigenvalue weighted by Gasteiger charge is 2.23. The molecular formula is C25H26F2N6O2. The van der Waals surface area contributed by atoms with Gasteiger partial charge in [-0.05, 0) is 64.4 Å². The van der Waals surface area contributed by atoms with Gasteiger partial charge < -0.3 is 20.5 Å². The molecule has 10 heteroatoms. The molecule has 0 bridgehead atoms. The van der Waals surface area contributed by atoms with Gasteiger partial charge in [0.15, 0.2) is 0 Å². The molecule has 8 nitrogen and oxygen atoms in total.